The van der Waals surface area contributed by atoms with Crippen LogP contribution in [-0.2, 0) is 6.16 Å². The quantitative estimate of drug-likeness (QED) is 0.488. The van der Waals surface area contributed by atoms with Gasteiger partial charge in [-0.2, -0.15) is 0 Å². The Balaban J connectivity index is 3.14. The van der Waals surface area contributed by atoms with Gasteiger partial charge in [-0.15, -0.1) is 9.24 Å². The fourth-order valence-electron chi connectivity index (χ4n) is 0.760. The SMILES string of the molecule is Nc1c(F)cccc1CP. The molecule has 0 spiro atoms. The molecule has 2 N–H and O–H groups in total. The van der Waals surface area contributed by atoms with Gasteiger partial charge in [0.1, 0.15) is 5.82 Å². The van der Waals surface area contributed by atoms with Gasteiger partial charge in [0.25, 0.3) is 0 Å². The molecule has 0 aromatic heterocycles. The van der Waals surface area contributed by atoms with Gasteiger partial charge < -0.3 is 5.73 Å². The van der Waals surface area contributed by atoms with Gasteiger partial charge >= 0.3 is 0 Å². The Labute approximate surface area is 61.6 Å². The fraction of sp³-hybridized carbons (Fsp3) is 0.143. The average molecular weight is 157 g/mol. The zero-order valence-electron chi connectivity index (χ0n) is 5.47. The summed E-state index contributed by atoms with van der Waals surface area (Å²) in [6.45, 7) is 0. The third kappa shape index (κ3) is 1.27. The minimum Gasteiger partial charge on any atom is -0.396 e. The van der Waals surface area contributed by atoms with Crippen molar-refractivity contribution in [1.29, 1.82) is 0 Å². The first-order chi connectivity index (χ1) is 4.75. The van der Waals surface area contributed by atoms with E-state index in [-0.39, 0.29) is 11.5 Å². The predicted octanol–water partition coefficient (Wildman–Crippen LogP) is 1.78. The summed E-state index contributed by atoms with van der Waals surface area (Å²) in [5, 5.41) is 0. The highest BCUT2D eigenvalue weighted by molar-refractivity contribution is 7.15. The van der Waals surface area contributed by atoms with Crippen molar-refractivity contribution < 1.29 is 4.39 Å². The van der Waals surface area contributed by atoms with Crippen molar-refractivity contribution in [3.8, 4) is 0 Å². The van der Waals surface area contributed by atoms with E-state index in [0.29, 0.717) is 6.16 Å². The van der Waals surface area contributed by atoms with Crippen LogP contribution in [0, 0.1) is 5.82 Å². The zero-order valence-corrected chi connectivity index (χ0v) is 6.63. The minimum atomic E-state index is -0.333. The summed E-state index contributed by atoms with van der Waals surface area (Å²) in [7, 11) is 2.50. The van der Waals surface area contributed by atoms with E-state index in [0.717, 1.165) is 5.56 Å². The second-order valence-corrected chi connectivity index (χ2v) is 2.43. The third-order valence-electron chi connectivity index (χ3n) is 1.36. The van der Waals surface area contributed by atoms with E-state index in [1.54, 1.807) is 6.07 Å². The first-order valence-corrected chi connectivity index (χ1v) is 3.80. The Morgan fingerprint density at radius 2 is 2.20 bits per heavy atom. The van der Waals surface area contributed by atoms with Crippen LogP contribution in [-0.4, -0.2) is 0 Å². The molecule has 0 saturated carbocycles. The maximum atomic E-state index is 12.6. The van der Waals surface area contributed by atoms with Crippen molar-refractivity contribution in [2.75, 3.05) is 5.73 Å². The molecule has 0 bridgehead atoms. The number of nitrogens with two attached hydrogens (primary N) is 1. The van der Waals surface area contributed by atoms with Crippen LogP contribution in [0.25, 0.3) is 0 Å². The van der Waals surface area contributed by atoms with Crippen LogP contribution >= 0.6 is 9.24 Å². The Morgan fingerprint density at radius 3 is 2.70 bits per heavy atom. The molecule has 1 nitrogen and oxygen atoms in total. The molecule has 0 saturated heterocycles. The number of rotatable bonds is 1. The molecule has 0 aliphatic heterocycles. The van der Waals surface area contributed by atoms with E-state index in [2.05, 4.69) is 9.24 Å². The molecule has 1 aromatic carbocycles. The normalized spacial score (nSPS) is 9.80. The van der Waals surface area contributed by atoms with Crippen LogP contribution in [0.4, 0.5) is 10.1 Å². The van der Waals surface area contributed by atoms with Crippen molar-refractivity contribution >= 4 is 14.9 Å². The molecule has 0 radical (unpaired) electrons. The smallest absolute Gasteiger partial charge is 0.146 e. The molecule has 1 atom stereocenters. The van der Waals surface area contributed by atoms with E-state index in [1.807, 2.05) is 6.07 Å². The highest BCUT2D eigenvalue weighted by Gasteiger charge is 2.00. The average Bonchev–Trinajstić information content (AvgIpc) is 1.95. The third-order valence-corrected chi connectivity index (χ3v) is 1.80. The molecule has 1 rings (SSSR count). The number of para-hydroxylation sites is 1. The van der Waals surface area contributed by atoms with Crippen LogP contribution < -0.4 is 5.73 Å². The van der Waals surface area contributed by atoms with Gasteiger partial charge in [-0.25, -0.2) is 4.39 Å². The maximum absolute atomic E-state index is 12.6. The summed E-state index contributed by atoms with van der Waals surface area (Å²) >= 11 is 0. The lowest BCUT2D eigenvalue weighted by molar-refractivity contribution is 0.631. The van der Waals surface area contributed by atoms with Crippen molar-refractivity contribution in [3.63, 3.8) is 0 Å². The summed E-state index contributed by atoms with van der Waals surface area (Å²) in [5.74, 6) is -0.333. The van der Waals surface area contributed by atoms with Crippen molar-refractivity contribution in [2.45, 2.75) is 6.16 Å². The maximum Gasteiger partial charge on any atom is 0.146 e. The molecule has 0 heterocycles. The van der Waals surface area contributed by atoms with Gasteiger partial charge in [0.2, 0.25) is 0 Å². The Hall–Kier alpha value is -0.620. The molecule has 1 aromatic rings. The van der Waals surface area contributed by atoms with Gasteiger partial charge in [-0.1, -0.05) is 12.1 Å². The first kappa shape index (κ1) is 7.49. The number of hydrogen-bond acceptors (Lipinski definition) is 1. The van der Waals surface area contributed by atoms with Crippen molar-refractivity contribution in [3.05, 3.63) is 29.6 Å². The van der Waals surface area contributed by atoms with Gasteiger partial charge in [-0.3, -0.25) is 0 Å². The second kappa shape index (κ2) is 2.98. The van der Waals surface area contributed by atoms with Crippen molar-refractivity contribution in [1.82, 2.24) is 0 Å². The lowest BCUT2D eigenvalue weighted by Crippen LogP contribution is -1.94. The summed E-state index contributed by atoms with van der Waals surface area (Å²) in [6, 6.07) is 4.83. The van der Waals surface area contributed by atoms with Crippen LogP contribution in [0.5, 0.6) is 0 Å². The van der Waals surface area contributed by atoms with Gasteiger partial charge in [0.15, 0.2) is 0 Å². The zero-order chi connectivity index (χ0) is 7.56. The summed E-state index contributed by atoms with van der Waals surface area (Å²) in [5.41, 5.74) is 6.50. The molecule has 54 valence electrons. The second-order valence-electron chi connectivity index (χ2n) is 2.02. The van der Waals surface area contributed by atoms with E-state index in [1.165, 1.54) is 6.07 Å². The molecule has 0 amide bonds. The molecule has 1 unspecified atom stereocenters. The number of benzene rings is 1. The van der Waals surface area contributed by atoms with E-state index in [9.17, 15) is 4.39 Å². The van der Waals surface area contributed by atoms with Gasteiger partial charge in [-0.05, 0) is 17.8 Å². The predicted molar refractivity (Wildman–Crippen MR) is 44.2 cm³/mol. The lowest BCUT2D eigenvalue weighted by atomic mass is 10.2. The van der Waals surface area contributed by atoms with E-state index < -0.39 is 0 Å². The summed E-state index contributed by atoms with van der Waals surface area (Å²) < 4.78 is 12.6. The van der Waals surface area contributed by atoms with Crippen LogP contribution in [0.3, 0.4) is 0 Å². The van der Waals surface area contributed by atoms with Crippen LogP contribution in [0.2, 0.25) is 0 Å². The largest absolute Gasteiger partial charge is 0.396 e. The highest BCUT2D eigenvalue weighted by Crippen LogP contribution is 2.17. The topological polar surface area (TPSA) is 26.0 Å². The lowest BCUT2D eigenvalue weighted by Gasteiger charge is -2.01. The minimum absolute atomic E-state index is 0.262. The molecule has 10 heavy (non-hydrogen) atoms. The van der Waals surface area contributed by atoms with E-state index in [4.69, 9.17) is 5.73 Å². The highest BCUT2D eigenvalue weighted by atomic mass is 31.0. The molecule has 0 aliphatic rings. The summed E-state index contributed by atoms with van der Waals surface area (Å²) in [6.07, 6.45) is 0.698. The molecular formula is C7H9FNP. The molecule has 3 heteroatoms. The van der Waals surface area contributed by atoms with E-state index >= 15 is 0 Å². The standard InChI is InChI=1S/C7H9FNP/c8-6-3-1-2-5(4-10)7(6)9/h1-3H,4,9-10H2. The van der Waals surface area contributed by atoms with Crippen molar-refractivity contribution in [2.24, 2.45) is 0 Å². The van der Waals surface area contributed by atoms with Crippen LogP contribution in [0.15, 0.2) is 18.2 Å². The number of hydrogen-bond donors (Lipinski definition) is 1. The Morgan fingerprint density at radius 1 is 1.50 bits per heavy atom. The first-order valence-electron chi connectivity index (χ1n) is 2.98. The summed E-state index contributed by atoms with van der Waals surface area (Å²) in [4.78, 5) is 0. The molecular weight excluding hydrogens is 148 g/mol. The Bertz CT molecular complexity index is 237. The van der Waals surface area contributed by atoms with Crippen LogP contribution in [0.1, 0.15) is 5.56 Å². The molecule has 0 fully saturated rings. The number of halogens is 1. The number of nitrogen functional groups attached to an aromatic ring is 1. The van der Waals surface area contributed by atoms with Gasteiger partial charge in [0.05, 0.1) is 5.69 Å². The number of anilines is 1. The van der Waals surface area contributed by atoms with Gasteiger partial charge in [0, 0.05) is 0 Å². The molecule has 0 aliphatic carbocycles. The Kier molecular flexibility index (Phi) is 2.23. The fourth-order valence-corrected chi connectivity index (χ4v) is 1.12. The monoisotopic (exact) mass is 157 g/mol.